The molecule has 1 heterocycles. The van der Waals surface area contributed by atoms with E-state index in [-0.39, 0.29) is 17.4 Å². The van der Waals surface area contributed by atoms with E-state index in [0.29, 0.717) is 12.0 Å². The lowest BCUT2D eigenvalue weighted by Crippen LogP contribution is -2.76. The van der Waals surface area contributed by atoms with Gasteiger partial charge in [-0.05, 0) is 111 Å². The van der Waals surface area contributed by atoms with Gasteiger partial charge in [0.05, 0.1) is 11.6 Å². The van der Waals surface area contributed by atoms with E-state index in [2.05, 4.69) is 52.9 Å². The van der Waals surface area contributed by atoms with E-state index < -0.39 is 11.6 Å². The maximum Gasteiger partial charge on any atom is 0.404 e. The van der Waals surface area contributed by atoms with Gasteiger partial charge in [0.25, 0.3) is 0 Å². The molecule has 3 N–H and O–H groups in total. The van der Waals surface area contributed by atoms with Crippen LogP contribution >= 0.6 is 0 Å². The number of nitrogens with zero attached hydrogens (tertiary/aromatic N) is 1. The van der Waals surface area contributed by atoms with Gasteiger partial charge < -0.3 is 15.6 Å². The molecule has 5 unspecified atom stereocenters. The van der Waals surface area contributed by atoms with E-state index >= 15 is 0 Å². The molecule has 4 fully saturated rings. The van der Waals surface area contributed by atoms with Crippen LogP contribution in [0.4, 0.5) is 4.79 Å². The molecule has 5 rings (SSSR count). The van der Waals surface area contributed by atoms with E-state index in [9.17, 15) is 15.1 Å². The topological polar surface area (TPSA) is 72.8 Å². The minimum atomic E-state index is -0.987. The maximum atomic E-state index is 11.4. The first-order valence-electron chi connectivity index (χ1n) is 15.6. The normalized spacial score (nSPS) is 46.3. The molecule has 1 amide bonds. The summed E-state index contributed by atoms with van der Waals surface area (Å²) in [6.07, 6.45) is 15.9. The van der Waals surface area contributed by atoms with E-state index in [0.717, 1.165) is 48.3 Å². The number of hydroxylamine groups is 2. The van der Waals surface area contributed by atoms with Crippen molar-refractivity contribution >= 4 is 6.09 Å². The third-order valence-electron chi connectivity index (χ3n) is 13.0. The van der Waals surface area contributed by atoms with Gasteiger partial charge in [-0.15, -0.1) is 0 Å². The molecular weight excluding hydrogens is 460 g/mol. The van der Waals surface area contributed by atoms with Crippen molar-refractivity contribution in [3.63, 3.8) is 0 Å². The number of hydrogen-bond acceptors (Lipinski definition) is 3. The van der Waals surface area contributed by atoms with Crippen molar-refractivity contribution in [2.75, 3.05) is 6.54 Å². The zero-order valence-corrected chi connectivity index (χ0v) is 24.4. The molecule has 0 aromatic heterocycles. The minimum absolute atomic E-state index is 0.199. The third-order valence-corrected chi connectivity index (χ3v) is 13.0. The molecule has 5 nitrogen and oxygen atoms in total. The molecule has 0 radical (unpaired) electrons. The Morgan fingerprint density at radius 3 is 2.51 bits per heavy atom. The van der Waals surface area contributed by atoms with Crippen LogP contribution in [-0.4, -0.2) is 39.6 Å². The highest BCUT2D eigenvalue weighted by molar-refractivity contribution is 5.65. The number of hydrogen-bond donors (Lipinski definition) is 3. The molecule has 0 aromatic rings. The predicted octanol–water partition coefficient (Wildman–Crippen LogP) is 7.74. The summed E-state index contributed by atoms with van der Waals surface area (Å²) in [6, 6.07) is -0.199. The Bertz CT molecular complexity index is 902. The minimum Gasteiger partial charge on any atom is -0.465 e. The van der Waals surface area contributed by atoms with E-state index in [1.165, 1.54) is 62.9 Å². The van der Waals surface area contributed by atoms with Crippen LogP contribution in [0.25, 0.3) is 0 Å². The molecule has 37 heavy (non-hydrogen) atoms. The lowest BCUT2D eigenvalue weighted by Gasteiger charge is -2.62. The summed E-state index contributed by atoms with van der Waals surface area (Å²) < 4.78 is 0. The van der Waals surface area contributed by atoms with Crippen molar-refractivity contribution in [2.24, 2.45) is 52.3 Å². The molecule has 10 atom stereocenters. The van der Waals surface area contributed by atoms with Crippen molar-refractivity contribution in [1.29, 1.82) is 0 Å². The molecule has 1 saturated heterocycles. The summed E-state index contributed by atoms with van der Waals surface area (Å²) >= 11 is 0. The Kier molecular flexibility index (Phi) is 7.31. The third kappa shape index (κ3) is 4.39. The average Bonchev–Trinajstić information content (AvgIpc) is 3.19. The van der Waals surface area contributed by atoms with Gasteiger partial charge in [-0.1, -0.05) is 65.5 Å². The molecule has 210 valence electrons. The van der Waals surface area contributed by atoms with Crippen molar-refractivity contribution in [2.45, 2.75) is 124 Å². The zero-order valence-electron chi connectivity index (χ0n) is 24.4. The predicted molar refractivity (Wildman–Crippen MR) is 148 cm³/mol. The van der Waals surface area contributed by atoms with E-state index in [1.807, 2.05) is 0 Å². The Balaban J connectivity index is 1.30. The van der Waals surface area contributed by atoms with Crippen LogP contribution in [0.1, 0.15) is 112 Å². The van der Waals surface area contributed by atoms with Crippen LogP contribution in [0.3, 0.4) is 0 Å². The molecule has 4 aliphatic carbocycles. The van der Waals surface area contributed by atoms with Gasteiger partial charge in [0.15, 0.2) is 0 Å². The first-order valence-corrected chi connectivity index (χ1v) is 15.6. The van der Waals surface area contributed by atoms with Crippen molar-refractivity contribution in [3.05, 3.63) is 11.6 Å². The first kappa shape index (κ1) is 27.5. The maximum absolute atomic E-state index is 11.4. The summed E-state index contributed by atoms with van der Waals surface area (Å²) in [7, 11) is 0. The van der Waals surface area contributed by atoms with Crippen LogP contribution in [0.2, 0.25) is 0 Å². The largest absolute Gasteiger partial charge is 0.465 e. The van der Waals surface area contributed by atoms with Gasteiger partial charge in [-0.2, -0.15) is 5.06 Å². The second-order valence-corrected chi connectivity index (χ2v) is 15.0. The number of carbonyl (C=O) groups is 1. The quantitative estimate of drug-likeness (QED) is 0.304. The van der Waals surface area contributed by atoms with E-state index in [1.54, 1.807) is 5.57 Å². The van der Waals surface area contributed by atoms with Crippen molar-refractivity contribution < 1.29 is 15.1 Å². The highest BCUT2D eigenvalue weighted by Crippen LogP contribution is 2.68. The zero-order chi connectivity index (χ0) is 26.8. The molecule has 5 heteroatoms. The van der Waals surface area contributed by atoms with Crippen molar-refractivity contribution in [1.82, 2.24) is 10.4 Å². The molecule has 5 aliphatic rings. The number of amides is 1. The van der Waals surface area contributed by atoms with Gasteiger partial charge in [0.1, 0.15) is 0 Å². The van der Waals surface area contributed by atoms with Crippen molar-refractivity contribution in [3.8, 4) is 0 Å². The summed E-state index contributed by atoms with van der Waals surface area (Å²) in [5.74, 6) is 5.34. The molecule has 1 aliphatic heterocycles. The Labute approximate surface area is 225 Å². The summed E-state index contributed by atoms with van der Waals surface area (Å²) in [5.41, 5.74) is 1.90. The monoisotopic (exact) mass is 514 g/mol. The number of nitrogens with one attached hydrogen (secondary N) is 1. The van der Waals surface area contributed by atoms with Gasteiger partial charge in [-0.3, -0.25) is 0 Å². The summed E-state index contributed by atoms with van der Waals surface area (Å²) in [6.45, 7) is 14.9. The highest BCUT2D eigenvalue weighted by atomic mass is 16.5. The van der Waals surface area contributed by atoms with Gasteiger partial charge in [0, 0.05) is 6.54 Å². The van der Waals surface area contributed by atoms with Gasteiger partial charge >= 0.3 is 6.09 Å². The highest BCUT2D eigenvalue weighted by Gasteiger charge is 2.62. The van der Waals surface area contributed by atoms with Crippen LogP contribution in [0.15, 0.2) is 11.6 Å². The first-order chi connectivity index (χ1) is 17.4. The number of fused-ring (bicyclic) bond motifs is 5. The number of rotatable bonds is 7. The van der Waals surface area contributed by atoms with Gasteiger partial charge in [0.2, 0.25) is 0 Å². The van der Waals surface area contributed by atoms with Crippen LogP contribution < -0.4 is 5.32 Å². The van der Waals surface area contributed by atoms with Crippen LogP contribution in [0, 0.1) is 52.3 Å². The molecule has 3 saturated carbocycles. The Morgan fingerprint density at radius 1 is 1.08 bits per heavy atom. The van der Waals surface area contributed by atoms with Crippen LogP contribution in [0.5, 0.6) is 0 Å². The second kappa shape index (κ2) is 9.84. The van der Waals surface area contributed by atoms with Gasteiger partial charge in [-0.25, -0.2) is 4.79 Å². The molecule has 0 spiro atoms. The average molecular weight is 515 g/mol. The fraction of sp³-hybridized carbons (Fsp3) is 0.906. The second-order valence-electron chi connectivity index (χ2n) is 15.0. The molecular formula is C32H54N2O3. The lowest BCUT2D eigenvalue weighted by atomic mass is 9.45. The fourth-order valence-electron chi connectivity index (χ4n) is 10.6. The SMILES string of the molecule is CC(C)CCC[C@@H](C)[C@H]1CCC2C3CC=C4C[C@@H](C5(C)C(NC(=O)O)CN5O)CC[C@]4(C)C3CC[C@@]21C. The number of carboxylic acid groups (broad SMARTS) is 1. The molecule has 0 aromatic carbocycles. The van der Waals surface area contributed by atoms with Crippen LogP contribution in [-0.2, 0) is 0 Å². The molecule has 0 bridgehead atoms. The van der Waals surface area contributed by atoms with E-state index in [4.69, 9.17) is 0 Å². The smallest absolute Gasteiger partial charge is 0.404 e. The fourth-order valence-corrected chi connectivity index (χ4v) is 10.6. The standard InChI is InChI=1S/C32H54N2O3/c1-20(2)8-7-9-21(3)25-12-13-26-24-11-10-22-18-23(32(6)28(19-34(32)37)33-29(35)36)14-16-30(22,4)27(24)15-17-31(25,26)5/h10,20-21,23-28,33,37H,7-9,11-19H2,1-6H3,(H,35,36)/t21-,23+,24?,25-,26?,27?,28?,30+,31-,32?/m1/s1. The number of allylic oxidation sites excluding steroid dienone is 2. The summed E-state index contributed by atoms with van der Waals surface area (Å²) in [4.78, 5) is 11.4. The lowest BCUT2D eigenvalue weighted by molar-refractivity contribution is -0.267. The Hall–Kier alpha value is -1.07. The Morgan fingerprint density at radius 2 is 1.84 bits per heavy atom. The summed E-state index contributed by atoms with van der Waals surface area (Å²) in [5, 5.41) is 24.0.